The Morgan fingerprint density at radius 3 is 2.54 bits per heavy atom. The molecule has 0 radical (unpaired) electrons. The number of phenolic OH excluding ortho intramolecular Hbond substituents is 1. The number of nitrogens with one attached hydrogen (secondary N) is 2. The summed E-state index contributed by atoms with van der Waals surface area (Å²) in [5, 5.41) is 17.2. The highest BCUT2D eigenvalue weighted by Crippen LogP contribution is 2.29. The van der Waals surface area contributed by atoms with Crippen LogP contribution in [0.2, 0.25) is 5.02 Å². The monoisotopic (exact) mass is 366 g/mol. The fourth-order valence-corrected chi connectivity index (χ4v) is 3.11. The van der Waals surface area contributed by atoms with Crippen LogP contribution in [0, 0.1) is 13.8 Å². The van der Waals surface area contributed by atoms with Crippen LogP contribution in [0.4, 0.5) is 0 Å². The van der Waals surface area contributed by atoms with E-state index in [2.05, 4.69) is 20.2 Å². The molecule has 0 atom stereocenters. The maximum Gasteiger partial charge on any atom is 0.275 e. The third kappa shape index (κ3) is 2.74. The molecule has 0 saturated heterocycles. The Balaban J connectivity index is 1.87. The van der Waals surface area contributed by atoms with E-state index in [1.165, 1.54) is 0 Å². The lowest BCUT2D eigenvalue weighted by atomic mass is 10.0. The minimum Gasteiger partial charge on any atom is -0.507 e. The second kappa shape index (κ2) is 6.00. The minimum atomic E-state index is -0.342. The molecule has 2 heterocycles. The first kappa shape index (κ1) is 16.4. The fourth-order valence-electron chi connectivity index (χ4n) is 2.94. The lowest BCUT2D eigenvalue weighted by molar-refractivity contribution is 0.467. The van der Waals surface area contributed by atoms with Gasteiger partial charge in [0.1, 0.15) is 11.6 Å². The Hall–Kier alpha value is -3.12. The van der Waals surface area contributed by atoms with E-state index in [4.69, 9.17) is 11.6 Å². The number of aromatic nitrogens is 4. The molecule has 0 aliphatic carbocycles. The molecule has 7 heteroatoms. The molecular formula is C19H15ClN4O2. The van der Waals surface area contributed by atoms with Crippen molar-refractivity contribution in [3.05, 3.63) is 62.9 Å². The molecule has 4 rings (SSSR count). The van der Waals surface area contributed by atoms with Gasteiger partial charge in [-0.25, -0.2) is 10.1 Å². The minimum absolute atomic E-state index is 0.257. The molecule has 2 aromatic carbocycles. The first-order valence-electron chi connectivity index (χ1n) is 7.98. The summed E-state index contributed by atoms with van der Waals surface area (Å²) in [5.41, 5.74) is 4.39. The van der Waals surface area contributed by atoms with E-state index in [0.29, 0.717) is 22.1 Å². The first-order valence-corrected chi connectivity index (χ1v) is 8.36. The number of halogens is 1. The predicted octanol–water partition coefficient (Wildman–Crippen LogP) is 3.96. The molecule has 3 N–H and O–H groups in total. The summed E-state index contributed by atoms with van der Waals surface area (Å²) in [6.45, 7) is 3.64. The molecule has 0 aliphatic rings. The van der Waals surface area contributed by atoms with Crippen molar-refractivity contribution in [2.75, 3.05) is 0 Å². The summed E-state index contributed by atoms with van der Waals surface area (Å²) < 4.78 is 0. The van der Waals surface area contributed by atoms with Crippen molar-refractivity contribution < 1.29 is 5.11 Å². The highest BCUT2D eigenvalue weighted by Gasteiger charge is 2.13. The molecule has 0 spiro atoms. The van der Waals surface area contributed by atoms with E-state index in [9.17, 15) is 9.90 Å². The van der Waals surface area contributed by atoms with Gasteiger partial charge in [-0.1, -0.05) is 11.6 Å². The average Bonchev–Trinajstić information content (AvgIpc) is 3.02. The zero-order valence-electron chi connectivity index (χ0n) is 14.1. The molecule has 0 amide bonds. The van der Waals surface area contributed by atoms with Crippen LogP contribution in [0.1, 0.15) is 11.1 Å². The van der Waals surface area contributed by atoms with Crippen LogP contribution >= 0.6 is 11.6 Å². The maximum absolute atomic E-state index is 12.3. The van der Waals surface area contributed by atoms with E-state index < -0.39 is 0 Å². The lowest BCUT2D eigenvalue weighted by Gasteiger charge is -2.08. The van der Waals surface area contributed by atoms with Crippen molar-refractivity contribution in [2.24, 2.45) is 0 Å². The van der Waals surface area contributed by atoms with Crippen LogP contribution in [0.25, 0.3) is 33.7 Å². The number of fused-ring (bicyclic) bond motifs is 1. The number of aromatic amines is 2. The number of aryl methyl sites for hydroxylation is 2. The Kier molecular flexibility index (Phi) is 3.77. The van der Waals surface area contributed by atoms with E-state index in [0.717, 1.165) is 27.7 Å². The van der Waals surface area contributed by atoms with Gasteiger partial charge in [-0.15, -0.1) is 0 Å². The molecular weight excluding hydrogens is 352 g/mol. The molecule has 6 nitrogen and oxygen atoms in total. The summed E-state index contributed by atoms with van der Waals surface area (Å²) >= 11 is 6.01. The van der Waals surface area contributed by atoms with Crippen LogP contribution in [-0.4, -0.2) is 25.3 Å². The maximum atomic E-state index is 12.3. The third-order valence-corrected chi connectivity index (χ3v) is 4.52. The van der Waals surface area contributed by atoms with Gasteiger partial charge < -0.3 is 10.1 Å². The van der Waals surface area contributed by atoms with Gasteiger partial charge in [-0.2, -0.15) is 5.10 Å². The van der Waals surface area contributed by atoms with Crippen molar-refractivity contribution in [1.82, 2.24) is 20.2 Å². The molecule has 130 valence electrons. The van der Waals surface area contributed by atoms with Crippen molar-refractivity contribution in [1.29, 1.82) is 0 Å². The number of imidazole rings is 1. The normalized spacial score (nSPS) is 11.2. The predicted molar refractivity (Wildman–Crippen MR) is 102 cm³/mol. The van der Waals surface area contributed by atoms with Gasteiger partial charge in [-0.3, -0.25) is 4.79 Å². The number of phenols is 1. The Morgan fingerprint density at radius 2 is 1.81 bits per heavy atom. The van der Waals surface area contributed by atoms with Crippen LogP contribution in [0.5, 0.6) is 5.75 Å². The Labute approximate surface area is 153 Å². The first-order chi connectivity index (χ1) is 12.4. The largest absolute Gasteiger partial charge is 0.507 e. The fraction of sp³-hybridized carbons (Fsp3) is 0.105. The molecule has 26 heavy (non-hydrogen) atoms. The number of nitrogens with zero attached hydrogens (tertiary/aromatic N) is 2. The zero-order valence-corrected chi connectivity index (χ0v) is 14.8. The molecule has 2 aromatic heterocycles. The summed E-state index contributed by atoms with van der Waals surface area (Å²) in [4.78, 5) is 19.9. The van der Waals surface area contributed by atoms with Gasteiger partial charge in [0.15, 0.2) is 0 Å². The van der Waals surface area contributed by atoms with Gasteiger partial charge in [0, 0.05) is 10.6 Å². The number of rotatable bonds is 2. The van der Waals surface area contributed by atoms with Crippen molar-refractivity contribution in [2.45, 2.75) is 13.8 Å². The van der Waals surface area contributed by atoms with Crippen LogP contribution in [0.3, 0.4) is 0 Å². The lowest BCUT2D eigenvalue weighted by Crippen LogP contribution is -2.12. The quantitative estimate of drug-likeness (QED) is 0.500. The number of hydrogen-bond acceptors (Lipinski definition) is 4. The molecule has 4 aromatic rings. The molecule has 0 aliphatic heterocycles. The van der Waals surface area contributed by atoms with E-state index in [-0.39, 0.29) is 11.3 Å². The van der Waals surface area contributed by atoms with Gasteiger partial charge in [-0.05, 0) is 61.4 Å². The van der Waals surface area contributed by atoms with Crippen LogP contribution < -0.4 is 5.56 Å². The van der Waals surface area contributed by atoms with Crippen molar-refractivity contribution in [3.63, 3.8) is 0 Å². The van der Waals surface area contributed by atoms with E-state index >= 15 is 0 Å². The Bertz CT molecular complexity index is 1190. The van der Waals surface area contributed by atoms with E-state index in [1.54, 1.807) is 24.3 Å². The Morgan fingerprint density at radius 1 is 1.08 bits per heavy atom. The number of aromatic hydroxyl groups is 1. The SMILES string of the molecule is Cc1cc(-c2cc(-c3nc4ccc(Cl)cc4[nH]3)c(=O)[nH]n2)cc(C)c1O. The molecule has 0 unspecified atom stereocenters. The average molecular weight is 367 g/mol. The van der Waals surface area contributed by atoms with Crippen LogP contribution in [0.15, 0.2) is 41.2 Å². The molecule has 0 saturated carbocycles. The smallest absolute Gasteiger partial charge is 0.275 e. The van der Waals surface area contributed by atoms with Gasteiger partial charge in [0.2, 0.25) is 0 Å². The molecule has 0 fully saturated rings. The summed E-state index contributed by atoms with van der Waals surface area (Å²) in [7, 11) is 0. The summed E-state index contributed by atoms with van der Waals surface area (Å²) in [6.07, 6.45) is 0. The third-order valence-electron chi connectivity index (χ3n) is 4.29. The molecule has 0 bridgehead atoms. The second-order valence-corrected chi connectivity index (χ2v) is 6.64. The van der Waals surface area contributed by atoms with Crippen molar-refractivity contribution >= 4 is 22.6 Å². The summed E-state index contributed by atoms with van der Waals surface area (Å²) in [5.74, 6) is 0.701. The topological polar surface area (TPSA) is 94.7 Å². The highest BCUT2D eigenvalue weighted by molar-refractivity contribution is 6.31. The standard InChI is InChI=1S/C19H15ClN4O2/c1-9-5-11(6-10(2)17(9)25)15-8-13(19(26)24-23-15)18-21-14-4-3-12(20)7-16(14)22-18/h3-8,25H,1-2H3,(H,21,22)(H,24,26). The van der Waals surface area contributed by atoms with Gasteiger partial charge >= 0.3 is 0 Å². The highest BCUT2D eigenvalue weighted by atomic mass is 35.5. The zero-order chi connectivity index (χ0) is 18.4. The number of H-pyrrole nitrogens is 2. The van der Waals surface area contributed by atoms with Crippen molar-refractivity contribution in [3.8, 4) is 28.4 Å². The van der Waals surface area contributed by atoms with E-state index in [1.807, 2.05) is 26.0 Å². The van der Waals surface area contributed by atoms with Gasteiger partial charge in [0.05, 0.1) is 22.3 Å². The number of benzene rings is 2. The number of hydrogen-bond donors (Lipinski definition) is 3. The van der Waals surface area contributed by atoms with Crippen LogP contribution in [-0.2, 0) is 0 Å². The summed E-state index contributed by atoms with van der Waals surface area (Å²) in [6, 6.07) is 10.6. The van der Waals surface area contributed by atoms with Gasteiger partial charge in [0.25, 0.3) is 5.56 Å². The second-order valence-electron chi connectivity index (χ2n) is 6.20.